The van der Waals surface area contributed by atoms with Crippen LogP contribution in [0.5, 0.6) is 0 Å². The van der Waals surface area contributed by atoms with E-state index in [1.807, 2.05) is 0 Å². The van der Waals surface area contributed by atoms with E-state index in [4.69, 9.17) is 29.0 Å². The number of benzene rings is 1. The van der Waals surface area contributed by atoms with Gasteiger partial charge < -0.3 is 5.32 Å². The largest absolute Gasteiger partial charge is 0.339 e. The second-order valence-electron chi connectivity index (χ2n) is 3.96. The third kappa shape index (κ3) is 2.46. The fraction of sp³-hybridized carbons (Fsp3) is 0. The molecule has 2 heterocycles. The molecular formula is C11H9Cl2N7. The van der Waals surface area contributed by atoms with Crippen LogP contribution in [0.2, 0.25) is 10.0 Å². The molecule has 0 saturated carbocycles. The second-order valence-corrected chi connectivity index (χ2v) is 4.83. The summed E-state index contributed by atoms with van der Waals surface area (Å²) in [6.45, 7) is 0. The van der Waals surface area contributed by atoms with Gasteiger partial charge in [-0.25, -0.2) is 5.84 Å². The highest BCUT2D eigenvalue weighted by Gasteiger charge is 2.10. The summed E-state index contributed by atoms with van der Waals surface area (Å²) in [7, 11) is 0. The molecule has 5 N–H and O–H groups in total. The Morgan fingerprint density at radius 2 is 1.85 bits per heavy atom. The van der Waals surface area contributed by atoms with Gasteiger partial charge in [0.25, 0.3) is 0 Å². The van der Waals surface area contributed by atoms with Crippen molar-refractivity contribution in [1.29, 1.82) is 0 Å². The lowest BCUT2D eigenvalue weighted by Crippen LogP contribution is -2.11. The van der Waals surface area contributed by atoms with Gasteiger partial charge in [0, 0.05) is 15.7 Å². The molecule has 102 valence electrons. The number of anilines is 3. The number of aromatic nitrogens is 4. The SMILES string of the molecule is NNc1nc(Nc2cc(Cl)cc(Cl)c2)c2cn[nH]c2n1. The van der Waals surface area contributed by atoms with Crippen molar-refractivity contribution in [2.75, 3.05) is 10.7 Å². The predicted molar refractivity (Wildman–Crippen MR) is 79.2 cm³/mol. The zero-order valence-electron chi connectivity index (χ0n) is 9.98. The summed E-state index contributed by atoms with van der Waals surface area (Å²) >= 11 is 11.9. The van der Waals surface area contributed by atoms with E-state index in [0.29, 0.717) is 27.2 Å². The van der Waals surface area contributed by atoms with Gasteiger partial charge in [0.2, 0.25) is 5.95 Å². The van der Waals surface area contributed by atoms with Crippen LogP contribution in [0.15, 0.2) is 24.4 Å². The van der Waals surface area contributed by atoms with Crippen LogP contribution < -0.4 is 16.6 Å². The van der Waals surface area contributed by atoms with Gasteiger partial charge in [0.05, 0.1) is 11.6 Å². The third-order valence-electron chi connectivity index (χ3n) is 2.56. The molecule has 0 unspecified atom stereocenters. The summed E-state index contributed by atoms with van der Waals surface area (Å²) in [4.78, 5) is 8.38. The highest BCUT2D eigenvalue weighted by molar-refractivity contribution is 6.35. The number of nitrogens with one attached hydrogen (secondary N) is 3. The standard InChI is InChI=1S/C11H9Cl2N7/c12-5-1-6(13)3-7(2-5)16-9-8-4-15-20-10(8)18-11(17-9)19-14/h1-4H,14H2,(H3,15,16,17,18,19,20). The summed E-state index contributed by atoms with van der Waals surface area (Å²) in [5, 5.41) is 11.6. The number of halogens is 2. The van der Waals surface area contributed by atoms with Crippen LogP contribution in [-0.2, 0) is 0 Å². The molecule has 0 fully saturated rings. The van der Waals surface area contributed by atoms with E-state index in [1.165, 1.54) is 0 Å². The summed E-state index contributed by atoms with van der Waals surface area (Å²) in [6.07, 6.45) is 1.62. The Balaban J connectivity index is 2.07. The zero-order valence-corrected chi connectivity index (χ0v) is 11.5. The quantitative estimate of drug-likeness (QED) is 0.438. The van der Waals surface area contributed by atoms with Crippen LogP contribution in [0, 0.1) is 0 Å². The molecule has 0 amide bonds. The second kappa shape index (κ2) is 5.12. The Morgan fingerprint density at radius 3 is 2.55 bits per heavy atom. The molecule has 0 aliphatic heterocycles. The van der Waals surface area contributed by atoms with Gasteiger partial charge in [-0.1, -0.05) is 23.2 Å². The van der Waals surface area contributed by atoms with E-state index in [-0.39, 0.29) is 5.95 Å². The normalized spacial score (nSPS) is 10.8. The number of H-pyrrole nitrogens is 1. The van der Waals surface area contributed by atoms with Crippen LogP contribution in [0.4, 0.5) is 17.5 Å². The Bertz CT molecular complexity index is 750. The number of aromatic amines is 1. The highest BCUT2D eigenvalue weighted by Crippen LogP contribution is 2.27. The molecule has 20 heavy (non-hydrogen) atoms. The minimum absolute atomic E-state index is 0.261. The molecule has 3 aromatic rings. The van der Waals surface area contributed by atoms with Crippen LogP contribution in [0.25, 0.3) is 11.0 Å². The van der Waals surface area contributed by atoms with Crippen molar-refractivity contribution in [3.63, 3.8) is 0 Å². The number of hydrogen-bond acceptors (Lipinski definition) is 6. The van der Waals surface area contributed by atoms with Crippen molar-refractivity contribution in [2.24, 2.45) is 5.84 Å². The Morgan fingerprint density at radius 1 is 1.10 bits per heavy atom. The molecule has 7 nitrogen and oxygen atoms in total. The Hall–Kier alpha value is -2.09. The van der Waals surface area contributed by atoms with Gasteiger partial charge in [-0.15, -0.1) is 0 Å². The minimum Gasteiger partial charge on any atom is -0.339 e. The molecular weight excluding hydrogens is 301 g/mol. The maximum absolute atomic E-state index is 5.96. The van der Waals surface area contributed by atoms with Gasteiger partial charge in [-0.3, -0.25) is 10.5 Å². The Labute approximate surface area is 123 Å². The van der Waals surface area contributed by atoms with Gasteiger partial charge >= 0.3 is 0 Å². The van der Waals surface area contributed by atoms with Crippen molar-refractivity contribution in [2.45, 2.75) is 0 Å². The molecule has 0 radical (unpaired) electrons. The van der Waals surface area contributed by atoms with E-state index >= 15 is 0 Å². The monoisotopic (exact) mass is 309 g/mol. The lowest BCUT2D eigenvalue weighted by molar-refractivity contribution is 1.08. The van der Waals surface area contributed by atoms with Gasteiger partial charge in [0.1, 0.15) is 5.82 Å². The van der Waals surface area contributed by atoms with Crippen molar-refractivity contribution >= 4 is 51.7 Å². The smallest absolute Gasteiger partial charge is 0.241 e. The first-order valence-corrected chi connectivity index (χ1v) is 6.32. The van der Waals surface area contributed by atoms with Crippen molar-refractivity contribution in [1.82, 2.24) is 20.2 Å². The number of nitrogen functional groups attached to an aromatic ring is 1. The van der Waals surface area contributed by atoms with Gasteiger partial charge in [-0.2, -0.15) is 15.1 Å². The van der Waals surface area contributed by atoms with E-state index in [0.717, 1.165) is 5.39 Å². The molecule has 0 atom stereocenters. The third-order valence-corrected chi connectivity index (χ3v) is 3.00. The lowest BCUT2D eigenvalue weighted by atomic mass is 10.3. The van der Waals surface area contributed by atoms with Gasteiger partial charge in [-0.05, 0) is 18.2 Å². The number of rotatable bonds is 3. The minimum atomic E-state index is 0.261. The van der Waals surface area contributed by atoms with E-state index in [9.17, 15) is 0 Å². The zero-order chi connectivity index (χ0) is 14.1. The molecule has 0 bridgehead atoms. The van der Waals surface area contributed by atoms with Crippen LogP contribution in [0.1, 0.15) is 0 Å². The molecule has 2 aromatic heterocycles. The maximum Gasteiger partial charge on any atom is 0.241 e. The van der Waals surface area contributed by atoms with Crippen LogP contribution in [-0.4, -0.2) is 20.2 Å². The topological polar surface area (TPSA) is 105 Å². The number of hydrogen-bond donors (Lipinski definition) is 4. The van der Waals surface area contributed by atoms with Crippen LogP contribution >= 0.6 is 23.2 Å². The highest BCUT2D eigenvalue weighted by atomic mass is 35.5. The first-order chi connectivity index (χ1) is 9.65. The fourth-order valence-electron chi connectivity index (χ4n) is 1.76. The Kier molecular flexibility index (Phi) is 3.31. The molecule has 9 heteroatoms. The number of nitrogens with two attached hydrogens (primary N) is 1. The summed E-state index contributed by atoms with van der Waals surface area (Å²) in [6, 6.07) is 5.11. The van der Waals surface area contributed by atoms with Crippen molar-refractivity contribution in [3.8, 4) is 0 Å². The molecule has 0 aliphatic carbocycles. The molecule has 0 spiro atoms. The van der Waals surface area contributed by atoms with Crippen molar-refractivity contribution < 1.29 is 0 Å². The first kappa shape index (κ1) is 12.9. The van der Waals surface area contributed by atoms with E-state index < -0.39 is 0 Å². The number of hydrazine groups is 1. The molecule has 0 saturated heterocycles. The van der Waals surface area contributed by atoms with Crippen molar-refractivity contribution in [3.05, 3.63) is 34.4 Å². The fourth-order valence-corrected chi connectivity index (χ4v) is 2.28. The van der Waals surface area contributed by atoms with E-state index in [1.54, 1.807) is 24.4 Å². The average Bonchev–Trinajstić information content (AvgIpc) is 2.85. The molecule has 1 aromatic carbocycles. The molecule has 3 rings (SSSR count). The number of fused-ring (bicyclic) bond motifs is 1. The lowest BCUT2D eigenvalue weighted by Gasteiger charge is -2.09. The maximum atomic E-state index is 5.96. The predicted octanol–water partition coefficient (Wildman–Crippen LogP) is 2.69. The summed E-state index contributed by atoms with van der Waals surface area (Å²) in [5.74, 6) is 6.14. The first-order valence-electron chi connectivity index (χ1n) is 5.56. The van der Waals surface area contributed by atoms with E-state index in [2.05, 4.69) is 30.9 Å². The summed E-state index contributed by atoms with van der Waals surface area (Å²) < 4.78 is 0. The van der Waals surface area contributed by atoms with Crippen LogP contribution in [0.3, 0.4) is 0 Å². The average molecular weight is 310 g/mol. The summed E-state index contributed by atoms with van der Waals surface area (Å²) in [5.41, 5.74) is 3.66. The molecule has 0 aliphatic rings. The number of nitrogens with zero attached hydrogens (tertiary/aromatic N) is 3. The van der Waals surface area contributed by atoms with Gasteiger partial charge in [0.15, 0.2) is 5.65 Å².